The molecule has 4 N–H and O–H groups in total. The molecule has 2 aliphatic rings. The van der Waals surface area contributed by atoms with Crippen molar-refractivity contribution in [3.05, 3.63) is 0 Å². The average Bonchev–Trinajstić information content (AvgIpc) is 2.42. The first-order chi connectivity index (χ1) is 7.17. The summed E-state index contributed by atoms with van der Waals surface area (Å²) in [4.78, 5) is 11.3. The zero-order chi connectivity index (χ0) is 10.9. The normalized spacial score (nSPS) is 38.5. The van der Waals surface area contributed by atoms with E-state index < -0.39 is 11.5 Å². The lowest BCUT2D eigenvalue weighted by Crippen LogP contribution is -2.76. The van der Waals surface area contributed by atoms with Gasteiger partial charge in [-0.05, 0) is 24.9 Å². The van der Waals surface area contributed by atoms with Crippen LogP contribution in [0.25, 0.3) is 0 Å². The van der Waals surface area contributed by atoms with Gasteiger partial charge in [0.25, 0.3) is 0 Å². The summed E-state index contributed by atoms with van der Waals surface area (Å²) < 4.78 is 8.65. The van der Waals surface area contributed by atoms with Gasteiger partial charge in [0.1, 0.15) is 5.54 Å². The Balaban J connectivity index is 2.04. The van der Waals surface area contributed by atoms with E-state index in [9.17, 15) is 9.90 Å². The van der Waals surface area contributed by atoms with E-state index >= 15 is 0 Å². The monoisotopic (exact) mass is 232 g/mol. The van der Waals surface area contributed by atoms with Gasteiger partial charge in [-0.25, -0.2) is 0 Å². The highest BCUT2D eigenvalue weighted by Gasteiger charge is 2.66. The fourth-order valence-electron chi connectivity index (χ4n) is 2.75. The molecule has 6 heteroatoms. The van der Waals surface area contributed by atoms with Crippen LogP contribution < -0.4 is 10.6 Å². The van der Waals surface area contributed by atoms with Gasteiger partial charge in [-0.15, -0.1) is 0 Å². The SMILES string of the molecule is O=C(O)C12CNCC1(CCCSO)CN2. The molecule has 0 aliphatic carbocycles. The predicted octanol–water partition coefficient (Wildman–Crippen LogP) is -0.0110. The van der Waals surface area contributed by atoms with Crippen LogP contribution in [-0.4, -0.2) is 46.6 Å². The number of hydrogen-bond acceptors (Lipinski definition) is 5. The van der Waals surface area contributed by atoms with E-state index in [0.29, 0.717) is 12.3 Å². The van der Waals surface area contributed by atoms with Crippen molar-refractivity contribution in [2.75, 3.05) is 25.4 Å². The molecule has 2 heterocycles. The lowest BCUT2D eigenvalue weighted by molar-refractivity contribution is -0.156. The van der Waals surface area contributed by atoms with Crippen molar-refractivity contribution in [3.63, 3.8) is 0 Å². The molecule has 0 bridgehead atoms. The van der Waals surface area contributed by atoms with Crippen molar-refractivity contribution < 1.29 is 14.5 Å². The minimum Gasteiger partial charge on any atom is -0.480 e. The maximum atomic E-state index is 11.3. The Labute approximate surface area is 92.8 Å². The first kappa shape index (κ1) is 11.2. The Morgan fingerprint density at radius 3 is 2.73 bits per heavy atom. The molecule has 0 aromatic heterocycles. The molecule has 0 amide bonds. The molecular weight excluding hydrogens is 216 g/mol. The van der Waals surface area contributed by atoms with Crippen LogP contribution in [0, 0.1) is 5.41 Å². The fourth-order valence-corrected chi connectivity index (χ4v) is 3.02. The number of aliphatic carboxylic acids is 1. The lowest BCUT2D eigenvalue weighted by Gasteiger charge is -2.53. The summed E-state index contributed by atoms with van der Waals surface area (Å²) in [7, 11) is 0. The van der Waals surface area contributed by atoms with Gasteiger partial charge in [0, 0.05) is 30.8 Å². The maximum Gasteiger partial charge on any atom is 0.325 e. The van der Waals surface area contributed by atoms with Gasteiger partial charge in [0.2, 0.25) is 0 Å². The molecule has 2 unspecified atom stereocenters. The molecule has 2 saturated heterocycles. The molecule has 2 rings (SSSR count). The number of rotatable bonds is 5. The minimum absolute atomic E-state index is 0.144. The molecular formula is C9H16N2O3S. The Bertz CT molecular complexity index is 276. The fraction of sp³-hybridized carbons (Fsp3) is 0.889. The Kier molecular flexibility index (Phi) is 2.94. The molecule has 0 saturated carbocycles. The van der Waals surface area contributed by atoms with E-state index in [1.165, 1.54) is 0 Å². The molecule has 5 nitrogen and oxygen atoms in total. The molecule has 0 radical (unpaired) electrons. The summed E-state index contributed by atoms with van der Waals surface area (Å²) in [5.74, 6) is -0.0762. The summed E-state index contributed by atoms with van der Waals surface area (Å²) in [6.07, 6.45) is 1.71. The second-order valence-corrected chi connectivity index (χ2v) is 5.05. The highest BCUT2D eigenvalue weighted by Crippen LogP contribution is 2.46. The van der Waals surface area contributed by atoms with Crippen LogP contribution in [-0.2, 0) is 4.79 Å². The Morgan fingerprint density at radius 2 is 2.20 bits per heavy atom. The molecule has 15 heavy (non-hydrogen) atoms. The van der Waals surface area contributed by atoms with Crippen molar-refractivity contribution >= 4 is 18.0 Å². The summed E-state index contributed by atoms with van der Waals surface area (Å²) in [6, 6.07) is 0. The maximum absolute atomic E-state index is 11.3. The smallest absolute Gasteiger partial charge is 0.325 e. The van der Waals surface area contributed by atoms with Crippen LogP contribution in [0.15, 0.2) is 0 Å². The van der Waals surface area contributed by atoms with Crippen LogP contribution >= 0.6 is 12.0 Å². The van der Waals surface area contributed by atoms with Gasteiger partial charge < -0.3 is 15.0 Å². The largest absolute Gasteiger partial charge is 0.480 e. The van der Waals surface area contributed by atoms with Gasteiger partial charge in [0.05, 0.1) is 0 Å². The van der Waals surface area contributed by atoms with Crippen LogP contribution in [0.1, 0.15) is 12.8 Å². The summed E-state index contributed by atoms with van der Waals surface area (Å²) >= 11 is 0.828. The number of carbonyl (C=O) groups is 1. The lowest BCUT2D eigenvalue weighted by atomic mass is 9.62. The standard InChI is InChI=1S/C9H16N2O3S/c12-7(13)9-6-10-4-8(9,5-11-9)2-1-3-15-14/h10-11,14H,1-6H2,(H,12,13). The van der Waals surface area contributed by atoms with E-state index in [0.717, 1.165) is 38.0 Å². The minimum atomic E-state index is -0.757. The van der Waals surface area contributed by atoms with Crippen molar-refractivity contribution in [1.82, 2.24) is 10.6 Å². The number of fused-ring (bicyclic) bond motifs is 1. The van der Waals surface area contributed by atoms with Gasteiger partial charge in [-0.1, -0.05) is 0 Å². The van der Waals surface area contributed by atoms with Crippen molar-refractivity contribution in [2.45, 2.75) is 18.4 Å². The summed E-state index contributed by atoms with van der Waals surface area (Å²) in [5, 5.41) is 15.5. The van der Waals surface area contributed by atoms with Crippen molar-refractivity contribution in [2.24, 2.45) is 5.41 Å². The zero-order valence-corrected chi connectivity index (χ0v) is 9.27. The number of nitrogens with one attached hydrogen (secondary N) is 2. The zero-order valence-electron chi connectivity index (χ0n) is 8.45. The van der Waals surface area contributed by atoms with Gasteiger partial charge >= 0.3 is 5.97 Å². The molecule has 2 aliphatic heterocycles. The van der Waals surface area contributed by atoms with Crippen LogP contribution in [0.5, 0.6) is 0 Å². The molecule has 0 aromatic carbocycles. The average molecular weight is 232 g/mol. The predicted molar refractivity (Wildman–Crippen MR) is 58.0 cm³/mol. The Morgan fingerprint density at radius 1 is 1.40 bits per heavy atom. The third-order valence-electron chi connectivity index (χ3n) is 3.74. The van der Waals surface area contributed by atoms with E-state index in [4.69, 9.17) is 4.55 Å². The number of carboxylic acid groups (broad SMARTS) is 1. The van der Waals surface area contributed by atoms with Crippen LogP contribution in [0.2, 0.25) is 0 Å². The van der Waals surface area contributed by atoms with Crippen LogP contribution in [0.4, 0.5) is 0 Å². The first-order valence-electron chi connectivity index (χ1n) is 5.12. The van der Waals surface area contributed by atoms with Crippen molar-refractivity contribution in [1.29, 1.82) is 0 Å². The third kappa shape index (κ3) is 1.47. The highest BCUT2D eigenvalue weighted by molar-refractivity contribution is 7.93. The topological polar surface area (TPSA) is 81.6 Å². The molecule has 0 spiro atoms. The van der Waals surface area contributed by atoms with Gasteiger partial charge in [0.15, 0.2) is 0 Å². The molecule has 86 valence electrons. The molecule has 0 aromatic rings. The summed E-state index contributed by atoms with van der Waals surface area (Å²) in [5.41, 5.74) is -0.901. The van der Waals surface area contributed by atoms with Gasteiger partial charge in [-0.3, -0.25) is 10.1 Å². The number of carboxylic acids is 1. The highest BCUT2D eigenvalue weighted by atomic mass is 32.2. The van der Waals surface area contributed by atoms with E-state index in [2.05, 4.69) is 10.6 Å². The number of hydrogen-bond donors (Lipinski definition) is 4. The second-order valence-electron chi connectivity index (χ2n) is 4.38. The van der Waals surface area contributed by atoms with Crippen molar-refractivity contribution in [3.8, 4) is 0 Å². The second kappa shape index (κ2) is 3.93. The van der Waals surface area contributed by atoms with E-state index in [1.807, 2.05) is 0 Å². The molecule has 2 fully saturated rings. The van der Waals surface area contributed by atoms with E-state index in [1.54, 1.807) is 0 Å². The first-order valence-corrected chi connectivity index (χ1v) is 6.07. The summed E-state index contributed by atoms with van der Waals surface area (Å²) in [6.45, 7) is 2.04. The van der Waals surface area contributed by atoms with Gasteiger partial charge in [-0.2, -0.15) is 0 Å². The molecule has 2 atom stereocenters. The van der Waals surface area contributed by atoms with Crippen LogP contribution in [0.3, 0.4) is 0 Å². The van der Waals surface area contributed by atoms with E-state index in [-0.39, 0.29) is 5.41 Å². The third-order valence-corrected chi connectivity index (χ3v) is 4.21. The quantitative estimate of drug-likeness (QED) is 0.394. The Hall–Kier alpha value is -0.300.